The van der Waals surface area contributed by atoms with Gasteiger partial charge in [0, 0.05) is 0 Å². The van der Waals surface area contributed by atoms with E-state index in [-0.39, 0.29) is 5.56 Å². The number of phenolic OH excluding ortho intramolecular Hbond substituents is 2. The van der Waals surface area contributed by atoms with Crippen molar-refractivity contribution in [1.82, 2.24) is 0 Å². The molecule has 108 valence electrons. The largest absolute Gasteiger partial charge is 0.506 e. The average molecular weight is 303 g/mol. The van der Waals surface area contributed by atoms with Gasteiger partial charge in [0.1, 0.15) is 22.6 Å². The molecule has 0 bridgehead atoms. The third-order valence-electron chi connectivity index (χ3n) is 2.67. The predicted molar refractivity (Wildman–Crippen MR) is 67.4 cm³/mol. The summed E-state index contributed by atoms with van der Waals surface area (Å²) in [6.07, 6.45) is 0. The highest BCUT2D eigenvalue weighted by atomic mass is 35.5. The molecule has 0 saturated carbocycles. The van der Waals surface area contributed by atoms with Crippen molar-refractivity contribution in [1.29, 1.82) is 0 Å². The molecule has 0 fully saturated rings. The number of phenols is 2. The van der Waals surface area contributed by atoms with E-state index in [4.69, 9.17) is 11.6 Å². The highest BCUT2D eigenvalue weighted by Crippen LogP contribution is 2.39. The molecular weight excluding hydrogens is 292 g/mol. The van der Waals surface area contributed by atoms with Crippen LogP contribution < -0.4 is 0 Å². The first-order valence-electron chi connectivity index (χ1n) is 5.22. The van der Waals surface area contributed by atoms with Gasteiger partial charge >= 0.3 is 11.9 Å². The summed E-state index contributed by atoms with van der Waals surface area (Å²) in [6, 6.07) is 0. The Hall–Kier alpha value is -2.28. The fourth-order valence-corrected chi connectivity index (χ4v) is 1.96. The summed E-state index contributed by atoms with van der Waals surface area (Å²) >= 11 is 5.32. The van der Waals surface area contributed by atoms with Crippen molar-refractivity contribution < 1.29 is 34.1 Å². The van der Waals surface area contributed by atoms with Gasteiger partial charge in [0.15, 0.2) is 0 Å². The number of esters is 2. The zero-order valence-corrected chi connectivity index (χ0v) is 11.6. The van der Waals surface area contributed by atoms with Gasteiger partial charge < -0.3 is 19.7 Å². The summed E-state index contributed by atoms with van der Waals surface area (Å²) in [4.78, 5) is 34.5. The van der Waals surface area contributed by atoms with Crippen LogP contribution in [-0.4, -0.2) is 41.6 Å². The summed E-state index contributed by atoms with van der Waals surface area (Å²) < 4.78 is 8.83. The Bertz CT molecular complexity index is 563. The van der Waals surface area contributed by atoms with Crippen LogP contribution in [-0.2, 0) is 9.47 Å². The van der Waals surface area contributed by atoms with Crippen molar-refractivity contribution in [2.24, 2.45) is 0 Å². The molecule has 7 nitrogen and oxygen atoms in total. The smallest absolute Gasteiger partial charge is 0.345 e. The Morgan fingerprint density at radius 3 is 1.70 bits per heavy atom. The quantitative estimate of drug-likeness (QED) is 0.640. The number of carbonyl (C=O) groups is 3. The molecule has 0 heterocycles. The average Bonchev–Trinajstić information content (AvgIpc) is 2.37. The molecule has 0 aliphatic rings. The van der Waals surface area contributed by atoms with Crippen LogP contribution in [0.25, 0.3) is 0 Å². The van der Waals surface area contributed by atoms with Crippen molar-refractivity contribution in [2.75, 3.05) is 14.2 Å². The van der Waals surface area contributed by atoms with Crippen LogP contribution in [0, 0.1) is 6.92 Å². The number of methoxy groups -OCH3 is 2. The molecule has 0 aromatic heterocycles. The molecule has 0 saturated heterocycles. The SMILES string of the molecule is COC(=O)c1c(C)c(C(=O)Cl)c(O)c(C(=O)OC)c1O. The second-order valence-electron chi connectivity index (χ2n) is 3.70. The maximum Gasteiger partial charge on any atom is 0.345 e. The summed E-state index contributed by atoms with van der Waals surface area (Å²) in [7, 11) is 2.05. The van der Waals surface area contributed by atoms with Crippen LogP contribution in [0.5, 0.6) is 11.5 Å². The first-order valence-corrected chi connectivity index (χ1v) is 5.60. The van der Waals surface area contributed by atoms with Gasteiger partial charge in [-0.15, -0.1) is 0 Å². The lowest BCUT2D eigenvalue weighted by Gasteiger charge is -2.15. The third-order valence-corrected chi connectivity index (χ3v) is 2.86. The Morgan fingerprint density at radius 1 is 0.900 bits per heavy atom. The van der Waals surface area contributed by atoms with E-state index < -0.39 is 45.4 Å². The van der Waals surface area contributed by atoms with E-state index >= 15 is 0 Å². The van der Waals surface area contributed by atoms with E-state index in [1.807, 2.05) is 0 Å². The van der Waals surface area contributed by atoms with E-state index in [0.717, 1.165) is 14.2 Å². The van der Waals surface area contributed by atoms with Crippen LogP contribution in [0.2, 0.25) is 0 Å². The maximum atomic E-state index is 11.6. The third kappa shape index (κ3) is 2.39. The molecule has 1 aromatic rings. The van der Waals surface area contributed by atoms with Gasteiger partial charge in [0.2, 0.25) is 0 Å². The molecule has 0 amide bonds. The van der Waals surface area contributed by atoms with Crippen molar-refractivity contribution in [3.8, 4) is 11.5 Å². The van der Waals surface area contributed by atoms with Crippen LogP contribution in [0.1, 0.15) is 36.6 Å². The van der Waals surface area contributed by atoms with Crippen molar-refractivity contribution in [3.63, 3.8) is 0 Å². The molecule has 8 heteroatoms. The fraction of sp³-hybridized carbons (Fsp3) is 0.250. The number of hydrogen-bond donors (Lipinski definition) is 2. The second-order valence-corrected chi connectivity index (χ2v) is 4.05. The summed E-state index contributed by atoms with van der Waals surface area (Å²) in [5, 5.41) is 18.7. The number of rotatable bonds is 3. The minimum absolute atomic E-state index is 0.112. The van der Waals surface area contributed by atoms with Gasteiger partial charge in [-0.05, 0) is 24.1 Å². The zero-order chi connectivity index (χ0) is 15.6. The fourth-order valence-electron chi connectivity index (χ4n) is 1.73. The van der Waals surface area contributed by atoms with Crippen LogP contribution in [0.4, 0.5) is 0 Å². The highest BCUT2D eigenvalue weighted by Gasteiger charge is 2.32. The van der Waals surface area contributed by atoms with Gasteiger partial charge in [-0.3, -0.25) is 4.79 Å². The molecule has 0 radical (unpaired) electrons. The predicted octanol–water partition coefficient (Wildman–Crippen LogP) is 1.36. The lowest BCUT2D eigenvalue weighted by atomic mass is 9.96. The minimum Gasteiger partial charge on any atom is -0.506 e. The molecule has 1 aromatic carbocycles. The van der Waals surface area contributed by atoms with E-state index in [1.54, 1.807) is 0 Å². The molecule has 1 rings (SSSR count). The first kappa shape index (κ1) is 15.8. The lowest BCUT2D eigenvalue weighted by molar-refractivity contribution is 0.0590. The monoisotopic (exact) mass is 302 g/mol. The summed E-state index contributed by atoms with van der Waals surface area (Å²) in [6.45, 7) is 1.27. The topological polar surface area (TPSA) is 110 Å². The second kappa shape index (κ2) is 5.79. The molecule has 2 N–H and O–H groups in total. The van der Waals surface area contributed by atoms with E-state index in [2.05, 4.69) is 9.47 Å². The van der Waals surface area contributed by atoms with E-state index in [1.165, 1.54) is 6.92 Å². The standard InChI is InChI=1S/C12H11ClO7/c1-4-5(10(13)16)8(14)7(12(18)20-3)9(15)6(4)11(17)19-2/h14-15H,1-3H3. The van der Waals surface area contributed by atoms with Crippen molar-refractivity contribution in [2.45, 2.75) is 6.92 Å². The Balaban J connectivity index is 3.88. The first-order chi connectivity index (χ1) is 9.27. The molecule has 0 aliphatic carbocycles. The molecule has 20 heavy (non-hydrogen) atoms. The molecule has 0 spiro atoms. The Kier molecular flexibility index (Phi) is 4.57. The van der Waals surface area contributed by atoms with Crippen molar-refractivity contribution in [3.05, 3.63) is 22.3 Å². The maximum absolute atomic E-state index is 11.6. The van der Waals surface area contributed by atoms with Crippen LogP contribution in [0.15, 0.2) is 0 Å². The van der Waals surface area contributed by atoms with Crippen LogP contribution in [0.3, 0.4) is 0 Å². The number of ether oxygens (including phenoxy) is 2. The lowest BCUT2D eigenvalue weighted by Crippen LogP contribution is -2.13. The van der Waals surface area contributed by atoms with Gasteiger partial charge in [-0.1, -0.05) is 0 Å². The summed E-state index contributed by atoms with van der Waals surface area (Å²) in [5.41, 5.74) is -1.78. The van der Waals surface area contributed by atoms with Gasteiger partial charge in [-0.25, -0.2) is 9.59 Å². The molecule has 0 aliphatic heterocycles. The van der Waals surface area contributed by atoms with Gasteiger partial charge in [0.05, 0.1) is 19.8 Å². The number of benzene rings is 1. The van der Waals surface area contributed by atoms with Crippen molar-refractivity contribution >= 4 is 28.8 Å². The molecule has 0 unspecified atom stereocenters. The molecule has 0 atom stereocenters. The summed E-state index contributed by atoms with van der Waals surface area (Å²) in [5.74, 6) is -3.84. The number of carbonyl (C=O) groups excluding carboxylic acids is 3. The molecular formula is C12H11ClO7. The van der Waals surface area contributed by atoms with E-state index in [0.29, 0.717) is 0 Å². The minimum atomic E-state index is -1.13. The van der Waals surface area contributed by atoms with Gasteiger partial charge in [0.25, 0.3) is 5.24 Å². The highest BCUT2D eigenvalue weighted by molar-refractivity contribution is 6.68. The van der Waals surface area contributed by atoms with Crippen LogP contribution >= 0.6 is 11.6 Å². The number of halogens is 1. The van der Waals surface area contributed by atoms with Gasteiger partial charge in [-0.2, -0.15) is 0 Å². The number of aromatic hydroxyl groups is 2. The Morgan fingerprint density at radius 2 is 1.30 bits per heavy atom. The number of hydrogen-bond acceptors (Lipinski definition) is 7. The Labute approximate surface area is 118 Å². The normalized spacial score (nSPS) is 10.0. The zero-order valence-electron chi connectivity index (χ0n) is 10.8. The van der Waals surface area contributed by atoms with E-state index in [9.17, 15) is 24.6 Å².